The van der Waals surface area contributed by atoms with E-state index in [1.807, 2.05) is 25.3 Å². The van der Waals surface area contributed by atoms with Crippen molar-refractivity contribution in [3.8, 4) is 0 Å². The SMILES string of the molecule is CC(N)c1cc2cnccc2[nH]1.Cl. The van der Waals surface area contributed by atoms with Crippen molar-refractivity contribution in [3.05, 3.63) is 30.2 Å². The fourth-order valence-corrected chi connectivity index (χ4v) is 1.24. The molecule has 0 bridgehead atoms. The summed E-state index contributed by atoms with van der Waals surface area (Å²) in [4.78, 5) is 7.25. The fourth-order valence-electron chi connectivity index (χ4n) is 1.24. The van der Waals surface area contributed by atoms with Crippen LogP contribution in [0.5, 0.6) is 0 Å². The molecule has 13 heavy (non-hydrogen) atoms. The van der Waals surface area contributed by atoms with E-state index in [1.54, 1.807) is 6.20 Å². The van der Waals surface area contributed by atoms with Gasteiger partial charge in [0, 0.05) is 35.0 Å². The van der Waals surface area contributed by atoms with Gasteiger partial charge >= 0.3 is 0 Å². The first kappa shape index (κ1) is 10.0. The second kappa shape index (κ2) is 3.77. The molecule has 1 atom stereocenters. The van der Waals surface area contributed by atoms with Crippen LogP contribution in [0.25, 0.3) is 10.9 Å². The van der Waals surface area contributed by atoms with Crippen LogP contribution in [-0.2, 0) is 0 Å². The molecular weight excluding hydrogens is 186 g/mol. The Morgan fingerprint density at radius 3 is 2.92 bits per heavy atom. The van der Waals surface area contributed by atoms with Crippen molar-refractivity contribution in [2.45, 2.75) is 13.0 Å². The quantitative estimate of drug-likeness (QED) is 0.735. The summed E-state index contributed by atoms with van der Waals surface area (Å²) in [6.45, 7) is 1.96. The zero-order valence-electron chi connectivity index (χ0n) is 7.32. The van der Waals surface area contributed by atoms with Crippen LogP contribution in [0.2, 0.25) is 0 Å². The normalized spacial score (nSPS) is 12.5. The monoisotopic (exact) mass is 197 g/mol. The number of hydrogen-bond donors (Lipinski definition) is 2. The molecule has 70 valence electrons. The minimum absolute atomic E-state index is 0. The lowest BCUT2D eigenvalue weighted by molar-refractivity contribution is 0.792. The largest absolute Gasteiger partial charge is 0.357 e. The van der Waals surface area contributed by atoms with Gasteiger partial charge in [-0.2, -0.15) is 0 Å². The Morgan fingerprint density at radius 2 is 2.31 bits per heavy atom. The van der Waals surface area contributed by atoms with Crippen LogP contribution in [0, 0.1) is 0 Å². The number of nitrogens with one attached hydrogen (secondary N) is 1. The molecule has 0 spiro atoms. The highest BCUT2D eigenvalue weighted by Gasteiger charge is 2.02. The van der Waals surface area contributed by atoms with Gasteiger partial charge in [-0.3, -0.25) is 4.98 Å². The molecule has 0 amide bonds. The highest BCUT2D eigenvalue weighted by molar-refractivity contribution is 5.85. The van der Waals surface area contributed by atoms with Crippen LogP contribution >= 0.6 is 12.4 Å². The van der Waals surface area contributed by atoms with Gasteiger partial charge in [-0.15, -0.1) is 12.4 Å². The van der Waals surface area contributed by atoms with E-state index in [4.69, 9.17) is 5.73 Å². The van der Waals surface area contributed by atoms with Gasteiger partial charge in [-0.25, -0.2) is 0 Å². The Bertz CT molecular complexity index is 361. The predicted octanol–water partition coefficient (Wildman–Crippen LogP) is 2.00. The lowest BCUT2D eigenvalue weighted by Gasteiger charge is -1.98. The fraction of sp³-hybridized carbons (Fsp3) is 0.222. The lowest BCUT2D eigenvalue weighted by Crippen LogP contribution is -2.04. The molecule has 4 heteroatoms. The molecule has 0 aliphatic heterocycles. The number of pyridine rings is 1. The molecule has 2 aromatic heterocycles. The number of hydrogen-bond acceptors (Lipinski definition) is 2. The van der Waals surface area contributed by atoms with Crippen molar-refractivity contribution < 1.29 is 0 Å². The molecule has 0 radical (unpaired) electrons. The van der Waals surface area contributed by atoms with E-state index in [0.717, 1.165) is 16.6 Å². The van der Waals surface area contributed by atoms with Crippen molar-refractivity contribution >= 4 is 23.3 Å². The summed E-state index contributed by atoms with van der Waals surface area (Å²) in [6, 6.07) is 4.03. The molecule has 3 N–H and O–H groups in total. The van der Waals surface area contributed by atoms with Crippen molar-refractivity contribution in [2.75, 3.05) is 0 Å². The van der Waals surface area contributed by atoms with Crippen LogP contribution in [0.1, 0.15) is 18.7 Å². The number of nitrogens with two attached hydrogens (primary N) is 1. The van der Waals surface area contributed by atoms with Gasteiger partial charge in [0.2, 0.25) is 0 Å². The van der Waals surface area contributed by atoms with Crippen LogP contribution in [-0.4, -0.2) is 9.97 Å². The minimum Gasteiger partial charge on any atom is -0.357 e. The second-order valence-corrected chi connectivity index (χ2v) is 2.98. The van der Waals surface area contributed by atoms with E-state index in [1.165, 1.54) is 0 Å². The average molecular weight is 198 g/mol. The van der Waals surface area contributed by atoms with E-state index in [-0.39, 0.29) is 18.4 Å². The van der Waals surface area contributed by atoms with Gasteiger partial charge < -0.3 is 10.7 Å². The van der Waals surface area contributed by atoms with E-state index in [9.17, 15) is 0 Å². The topological polar surface area (TPSA) is 54.7 Å². The Hall–Kier alpha value is -1.06. The maximum Gasteiger partial charge on any atom is 0.0487 e. The minimum atomic E-state index is 0. The first-order valence-electron chi connectivity index (χ1n) is 3.95. The summed E-state index contributed by atoms with van der Waals surface area (Å²) in [6.07, 6.45) is 3.60. The summed E-state index contributed by atoms with van der Waals surface area (Å²) in [7, 11) is 0. The summed E-state index contributed by atoms with van der Waals surface area (Å²) >= 11 is 0. The van der Waals surface area contributed by atoms with Crippen LogP contribution < -0.4 is 5.73 Å². The van der Waals surface area contributed by atoms with E-state index < -0.39 is 0 Å². The van der Waals surface area contributed by atoms with Gasteiger partial charge in [-0.05, 0) is 19.1 Å². The Balaban J connectivity index is 0.000000845. The smallest absolute Gasteiger partial charge is 0.0487 e. The maximum atomic E-state index is 5.73. The maximum absolute atomic E-state index is 5.73. The molecule has 0 saturated heterocycles. The van der Waals surface area contributed by atoms with Gasteiger partial charge in [0.25, 0.3) is 0 Å². The molecule has 0 aliphatic carbocycles. The zero-order chi connectivity index (χ0) is 8.55. The first-order chi connectivity index (χ1) is 5.77. The van der Waals surface area contributed by atoms with Crippen molar-refractivity contribution in [3.63, 3.8) is 0 Å². The number of rotatable bonds is 1. The zero-order valence-corrected chi connectivity index (χ0v) is 8.14. The third kappa shape index (κ3) is 1.82. The predicted molar refractivity (Wildman–Crippen MR) is 55.9 cm³/mol. The number of aromatic amines is 1. The molecule has 1 unspecified atom stereocenters. The Morgan fingerprint density at radius 1 is 1.54 bits per heavy atom. The van der Waals surface area contributed by atoms with Gasteiger partial charge in [0.05, 0.1) is 0 Å². The number of H-pyrrole nitrogens is 1. The van der Waals surface area contributed by atoms with Gasteiger partial charge in [-0.1, -0.05) is 0 Å². The summed E-state index contributed by atoms with van der Waals surface area (Å²) < 4.78 is 0. The van der Waals surface area contributed by atoms with Crippen molar-refractivity contribution in [2.24, 2.45) is 5.73 Å². The second-order valence-electron chi connectivity index (χ2n) is 2.98. The molecule has 0 aromatic carbocycles. The van der Waals surface area contributed by atoms with Gasteiger partial charge in [0.1, 0.15) is 0 Å². The van der Waals surface area contributed by atoms with Crippen LogP contribution in [0.15, 0.2) is 24.5 Å². The van der Waals surface area contributed by atoms with Crippen LogP contribution in [0.3, 0.4) is 0 Å². The number of nitrogens with zero attached hydrogens (tertiary/aromatic N) is 1. The highest BCUT2D eigenvalue weighted by Crippen LogP contribution is 2.16. The summed E-state index contributed by atoms with van der Waals surface area (Å²) in [5.74, 6) is 0. The van der Waals surface area contributed by atoms with E-state index in [2.05, 4.69) is 9.97 Å². The number of fused-ring (bicyclic) bond motifs is 1. The van der Waals surface area contributed by atoms with Crippen molar-refractivity contribution in [1.29, 1.82) is 0 Å². The molecule has 0 fully saturated rings. The highest BCUT2D eigenvalue weighted by atomic mass is 35.5. The molecule has 3 nitrogen and oxygen atoms in total. The number of halogens is 1. The number of aromatic nitrogens is 2. The van der Waals surface area contributed by atoms with Crippen molar-refractivity contribution in [1.82, 2.24) is 9.97 Å². The van der Waals surface area contributed by atoms with E-state index in [0.29, 0.717) is 0 Å². The third-order valence-electron chi connectivity index (χ3n) is 1.93. The van der Waals surface area contributed by atoms with Crippen LogP contribution in [0.4, 0.5) is 0 Å². The molecule has 2 aromatic rings. The summed E-state index contributed by atoms with van der Waals surface area (Å²) in [5.41, 5.74) is 7.87. The standard InChI is InChI=1S/C9H11N3.ClH/c1-6(10)9-4-7-5-11-3-2-8(7)12-9;/h2-6,12H,10H2,1H3;1H. The lowest BCUT2D eigenvalue weighted by atomic mass is 10.2. The molecule has 0 saturated carbocycles. The molecule has 2 rings (SSSR count). The summed E-state index contributed by atoms with van der Waals surface area (Å²) in [5, 5.41) is 1.12. The molecular formula is C9H12ClN3. The van der Waals surface area contributed by atoms with E-state index >= 15 is 0 Å². The molecule has 2 heterocycles. The van der Waals surface area contributed by atoms with Gasteiger partial charge in [0.15, 0.2) is 0 Å². The average Bonchev–Trinajstić information content (AvgIpc) is 2.46. The first-order valence-corrected chi connectivity index (χ1v) is 3.95. The molecule has 0 aliphatic rings. The third-order valence-corrected chi connectivity index (χ3v) is 1.93. The Labute approximate surface area is 82.8 Å². The Kier molecular flexibility index (Phi) is 2.90.